The highest BCUT2D eigenvalue weighted by molar-refractivity contribution is 6.31. The van der Waals surface area contributed by atoms with Crippen LogP contribution in [0.25, 0.3) is 0 Å². The van der Waals surface area contributed by atoms with E-state index in [1.807, 2.05) is 0 Å². The number of nitrogens with zero attached hydrogens (tertiary/aromatic N) is 1. The van der Waals surface area contributed by atoms with Crippen molar-refractivity contribution >= 4 is 40.5 Å². The zero-order chi connectivity index (χ0) is 20.1. The molecular formula is C17H16ClN3O6. The van der Waals surface area contributed by atoms with Crippen molar-refractivity contribution in [1.29, 1.82) is 0 Å². The Kier molecular flexibility index (Phi) is 6.19. The molecule has 1 amide bonds. The van der Waals surface area contributed by atoms with Gasteiger partial charge in [-0.15, -0.1) is 0 Å². The van der Waals surface area contributed by atoms with E-state index in [4.69, 9.17) is 26.8 Å². The molecule has 9 nitrogen and oxygen atoms in total. The minimum absolute atomic E-state index is 0.000929. The van der Waals surface area contributed by atoms with Crippen LogP contribution in [0.3, 0.4) is 0 Å². The molecule has 0 bridgehead atoms. The van der Waals surface area contributed by atoms with E-state index in [-0.39, 0.29) is 16.9 Å². The molecule has 27 heavy (non-hydrogen) atoms. The zero-order valence-electron chi connectivity index (χ0n) is 14.4. The minimum atomic E-state index is -0.953. The van der Waals surface area contributed by atoms with Crippen LogP contribution in [-0.4, -0.2) is 30.5 Å². The summed E-state index contributed by atoms with van der Waals surface area (Å²) >= 11 is 6.00. The van der Waals surface area contributed by atoms with Crippen molar-refractivity contribution in [3.63, 3.8) is 0 Å². The summed E-state index contributed by atoms with van der Waals surface area (Å²) in [4.78, 5) is 34.3. The monoisotopic (exact) mass is 393 g/mol. The Balaban J connectivity index is 2.06. The summed E-state index contributed by atoms with van der Waals surface area (Å²) in [6.07, 6.45) is 0. The van der Waals surface area contributed by atoms with Gasteiger partial charge in [0.15, 0.2) is 6.61 Å². The van der Waals surface area contributed by atoms with E-state index in [0.29, 0.717) is 22.0 Å². The number of esters is 1. The second-order valence-corrected chi connectivity index (χ2v) is 5.86. The third kappa shape index (κ3) is 4.85. The summed E-state index contributed by atoms with van der Waals surface area (Å²) < 4.78 is 10.0. The molecule has 0 spiro atoms. The first-order valence-electron chi connectivity index (χ1n) is 7.58. The van der Waals surface area contributed by atoms with Gasteiger partial charge in [0.05, 0.1) is 23.3 Å². The van der Waals surface area contributed by atoms with Crippen molar-refractivity contribution < 1.29 is 24.0 Å². The quantitative estimate of drug-likeness (QED) is 0.333. The third-order valence-electron chi connectivity index (χ3n) is 3.56. The lowest BCUT2D eigenvalue weighted by atomic mass is 10.1. The Bertz CT molecular complexity index is 916. The maximum atomic E-state index is 12.1. The highest BCUT2D eigenvalue weighted by Gasteiger charge is 2.18. The molecule has 0 aliphatic heterocycles. The zero-order valence-corrected chi connectivity index (χ0v) is 15.2. The van der Waals surface area contributed by atoms with Crippen molar-refractivity contribution in [3.05, 3.63) is 56.6 Å². The number of carbonyl (C=O) groups is 2. The first kappa shape index (κ1) is 20.0. The molecular weight excluding hydrogens is 378 g/mol. The number of non-ortho nitro benzene ring substituents is 1. The summed E-state index contributed by atoms with van der Waals surface area (Å²) in [6.45, 7) is 1.13. The van der Waals surface area contributed by atoms with Crippen molar-refractivity contribution in [3.8, 4) is 5.75 Å². The van der Waals surface area contributed by atoms with Gasteiger partial charge in [-0.2, -0.15) is 0 Å². The summed E-state index contributed by atoms with van der Waals surface area (Å²) in [5, 5.41) is 13.8. The van der Waals surface area contributed by atoms with Crippen LogP contribution in [0.1, 0.15) is 15.9 Å². The summed E-state index contributed by atoms with van der Waals surface area (Å²) in [7, 11) is 1.42. The van der Waals surface area contributed by atoms with Gasteiger partial charge in [-0.3, -0.25) is 14.9 Å². The number of nitrogens with one attached hydrogen (secondary N) is 1. The van der Waals surface area contributed by atoms with Gasteiger partial charge in [0.25, 0.3) is 11.6 Å². The summed E-state index contributed by atoms with van der Waals surface area (Å²) in [6, 6.07) is 6.52. The predicted octanol–water partition coefficient (Wildman–Crippen LogP) is 2.94. The number of nitro groups is 1. The molecule has 3 N–H and O–H groups in total. The van der Waals surface area contributed by atoms with E-state index in [1.54, 1.807) is 19.1 Å². The average Bonchev–Trinajstić information content (AvgIpc) is 2.62. The number of amides is 1. The molecule has 0 radical (unpaired) electrons. The van der Waals surface area contributed by atoms with Crippen molar-refractivity contribution in [2.75, 3.05) is 24.8 Å². The van der Waals surface area contributed by atoms with Crippen LogP contribution in [0.15, 0.2) is 30.3 Å². The van der Waals surface area contributed by atoms with Crippen LogP contribution in [0.5, 0.6) is 5.75 Å². The largest absolute Gasteiger partial charge is 0.495 e. The molecule has 0 aliphatic carbocycles. The van der Waals surface area contributed by atoms with Crippen LogP contribution in [0, 0.1) is 17.0 Å². The van der Waals surface area contributed by atoms with Gasteiger partial charge in [0.2, 0.25) is 0 Å². The number of ether oxygens (including phenoxy) is 2. The molecule has 0 saturated heterocycles. The van der Waals surface area contributed by atoms with Gasteiger partial charge in [0.1, 0.15) is 5.75 Å². The van der Waals surface area contributed by atoms with Gasteiger partial charge in [-0.1, -0.05) is 11.6 Å². The van der Waals surface area contributed by atoms with Gasteiger partial charge in [0, 0.05) is 28.9 Å². The van der Waals surface area contributed by atoms with Gasteiger partial charge < -0.3 is 20.5 Å². The molecule has 0 unspecified atom stereocenters. The summed E-state index contributed by atoms with van der Waals surface area (Å²) in [5.41, 5.74) is 6.20. The van der Waals surface area contributed by atoms with E-state index in [0.717, 1.165) is 12.1 Å². The minimum Gasteiger partial charge on any atom is -0.495 e. The Labute approximate surface area is 159 Å². The van der Waals surface area contributed by atoms with Crippen LogP contribution in [-0.2, 0) is 9.53 Å². The second-order valence-electron chi connectivity index (χ2n) is 5.45. The maximum absolute atomic E-state index is 12.1. The predicted molar refractivity (Wildman–Crippen MR) is 99.2 cm³/mol. The number of nitrogen functional groups attached to an aromatic ring is 1. The number of aryl methyl sites for hydroxylation is 1. The number of hydrogen-bond acceptors (Lipinski definition) is 7. The number of halogens is 1. The first-order chi connectivity index (χ1) is 12.7. The maximum Gasteiger partial charge on any atom is 0.341 e. The van der Waals surface area contributed by atoms with Crippen molar-refractivity contribution in [2.45, 2.75) is 6.92 Å². The fraction of sp³-hybridized carbons (Fsp3) is 0.176. The number of rotatable bonds is 6. The van der Waals surface area contributed by atoms with E-state index in [2.05, 4.69) is 5.32 Å². The fourth-order valence-corrected chi connectivity index (χ4v) is 2.31. The number of benzene rings is 2. The standard InChI is InChI=1S/C17H16ClN3O6/c1-9-5-14(15(26-2)7-12(9)18)20-16(22)8-27-17(23)11-6-10(21(24)25)3-4-13(11)19/h3-7H,8,19H2,1-2H3,(H,20,22). The lowest BCUT2D eigenvalue weighted by Crippen LogP contribution is -2.21. The van der Waals surface area contributed by atoms with Crippen molar-refractivity contribution in [1.82, 2.24) is 0 Å². The Morgan fingerprint density at radius 2 is 2.00 bits per heavy atom. The summed E-state index contributed by atoms with van der Waals surface area (Å²) in [5.74, 6) is -1.24. The molecule has 2 aromatic rings. The van der Waals surface area contributed by atoms with Gasteiger partial charge in [-0.25, -0.2) is 4.79 Å². The normalized spacial score (nSPS) is 10.2. The Morgan fingerprint density at radius 3 is 2.63 bits per heavy atom. The fourth-order valence-electron chi connectivity index (χ4n) is 2.16. The van der Waals surface area contributed by atoms with E-state index < -0.39 is 23.4 Å². The molecule has 0 saturated carbocycles. The van der Waals surface area contributed by atoms with Crippen LogP contribution >= 0.6 is 11.6 Å². The van der Waals surface area contributed by atoms with Gasteiger partial charge in [-0.05, 0) is 24.6 Å². The Hall–Kier alpha value is -3.33. The van der Waals surface area contributed by atoms with E-state index >= 15 is 0 Å². The molecule has 0 aromatic heterocycles. The lowest BCUT2D eigenvalue weighted by molar-refractivity contribution is -0.384. The smallest absolute Gasteiger partial charge is 0.341 e. The number of methoxy groups -OCH3 is 1. The molecule has 0 atom stereocenters. The topological polar surface area (TPSA) is 134 Å². The van der Waals surface area contributed by atoms with Crippen molar-refractivity contribution in [2.24, 2.45) is 0 Å². The molecule has 2 rings (SSSR count). The molecule has 0 heterocycles. The third-order valence-corrected chi connectivity index (χ3v) is 3.96. The number of nitrogens with two attached hydrogens (primary N) is 1. The molecule has 2 aromatic carbocycles. The molecule has 142 valence electrons. The first-order valence-corrected chi connectivity index (χ1v) is 7.95. The average molecular weight is 394 g/mol. The number of nitro benzene ring substituents is 1. The highest BCUT2D eigenvalue weighted by atomic mass is 35.5. The van der Waals surface area contributed by atoms with E-state index in [1.165, 1.54) is 13.2 Å². The number of carbonyl (C=O) groups excluding carboxylic acids is 2. The molecule has 0 fully saturated rings. The number of anilines is 2. The second kappa shape index (κ2) is 8.37. The van der Waals surface area contributed by atoms with Crippen LogP contribution < -0.4 is 15.8 Å². The van der Waals surface area contributed by atoms with Crippen LogP contribution in [0.2, 0.25) is 5.02 Å². The van der Waals surface area contributed by atoms with E-state index in [9.17, 15) is 19.7 Å². The SMILES string of the molecule is COc1cc(Cl)c(C)cc1NC(=O)COC(=O)c1cc([N+](=O)[O-])ccc1N. The number of hydrogen-bond donors (Lipinski definition) is 2. The van der Waals surface area contributed by atoms with Gasteiger partial charge >= 0.3 is 5.97 Å². The van der Waals surface area contributed by atoms with Crippen LogP contribution in [0.4, 0.5) is 17.1 Å². The highest BCUT2D eigenvalue weighted by Crippen LogP contribution is 2.30. The Morgan fingerprint density at radius 1 is 1.30 bits per heavy atom. The molecule has 0 aliphatic rings. The lowest BCUT2D eigenvalue weighted by Gasteiger charge is -2.12. The molecule has 10 heteroatoms.